The van der Waals surface area contributed by atoms with Crippen LogP contribution in [0, 0.1) is 13.8 Å². The van der Waals surface area contributed by atoms with Gasteiger partial charge in [-0.15, -0.1) is 0 Å². The number of nitrogens with one attached hydrogen (secondary N) is 1. The fourth-order valence-corrected chi connectivity index (χ4v) is 2.57. The first-order chi connectivity index (χ1) is 7.74. The van der Waals surface area contributed by atoms with Gasteiger partial charge in [0, 0.05) is 17.1 Å². The topological polar surface area (TPSA) is 41.6 Å². The number of pyridine rings is 1. The van der Waals surface area contributed by atoms with Gasteiger partial charge in [-0.05, 0) is 36.4 Å². The largest absolute Gasteiger partial charge is 0.337 e. The lowest BCUT2D eigenvalue weighted by atomic mass is 10.2. The van der Waals surface area contributed by atoms with Gasteiger partial charge in [0.1, 0.15) is 5.82 Å². The number of thiophene rings is 1. The Bertz CT molecular complexity index is 651. The minimum absolute atomic E-state index is 0.784. The Balaban J connectivity index is 2.23. The van der Waals surface area contributed by atoms with Crippen LogP contribution in [0.4, 0.5) is 0 Å². The van der Waals surface area contributed by atoms with Crippen molar-refractivity contribution >= 4 is 22.5 Å². The van der Waals surface area contributed by atoms with Crippen molar-refractivity contribution < 1.29 is 0 Å². The van der Waals surface area contributed by atoms with Crippen molar-refractivity contribution in [2.24, 2.45) is 0 Å². The molecule has 0 aliphatic heterocycles. The van der Waals surface area contributed by atoms with Crippen LogP contribution in [0.1, 0.15) is 11.1 Å². The Kier molecular flexibility index (Phi) is 2.04. The molecular formula is C12H11N3S. The van der Waals surface area contributed by atoms with Gasteiger partial charge in [-0.1, -0.05) is 0 Å². The molecule has 3 aromatic heterocycles. The summed E-state index contributed by atoms with van der Waals surface area (Å²) in [6, 6.07) is 2.07. The van der Waals surface area contributed by atoms with Crippen LogP contribution < -0.4 is 0 Å². The molecule has 3 aromatic rings. The van der Waals surface area contributed by atoms with Crippen molar-refractivity contribution in [1.82, 2.24) is 15.0 Å². The molecule has 0 aliphatic carbocycles. The second-order valence-corrected chi connectivity index (χ2v) is 4.68. The van der Waals surface area contributed by atoms with Crippen molar-refractivity contribution in [1.29, 1.82) is 0 Å². The summed E-state index contributed by atoms with van der Waals surface area (Å²) in [4.78, 5) is 12.1. The molecule has 0 spiro atoms. The molecule has 0 saturated carbocycles. The third-order valence-electron chi connectivity index (χ3n) is 2.58. The Morgan fingerprint density at radius 2 is 2.12 bits per heavy atom. The highest BCUT2D eigenvalue weighted by Gasteiger charge is 2.08. The number of H-pyrrole nitrogens is 1. The number of nitrogens with zero attached hydrogens (tertiary/aromatic N) is 2. The highest BCUT2D eigenvalue weighted by molar-refractivity contribution is 7.08. The fourth-order valence-electron chi connectivity index (χ4n) is 1.74. The minimum atomic E-state index is 0.784. The van der Waals surface area contributed by atoms with Crippen LogP contribution in [0.5, 0.6) is 0 Å². The van der Waals surface area contributed by atoms with Gasteiger partial charge in [0.15, 0.2) is 5.65 Å². The van der Waals surface area contributed by atoms with E-state index in [1.165, 1.54) is 11.1 Å². The fraction of sp³-hybridized carbons (Fsp3) is 0.167. The Morgan fingerprint density at radius 1 is 1.25 bits per heavy atom. The lowest BCUT2D eigenvalue weighted by molar-refractivity contribution is 1.28. The van der Waals surface area contributed by atoms with E-state index in [0.717, 1.165) is 22.6 Å². The highest BCUT2D eigenvalue weighted by Crippen LogP contribution is 2.25. The molecule has 80 valence electrons. The molecule has 0 aliphatic rings. The molecule has 0 unspecified atom stereocenters. The highest BCUT2D eigenvalue weighted by atomic mass is 32.1. The van der Waals surface area contributed by atoms with Crippen LogP contribution in [0.25, 0.3) is 22.6 Å². The molecular weight excluding hydrogens is 218 g/mol. The van der Waals surface area contributed by atoms with Crippen LogP contribution in [-0.2, 0) is 0 Å². The average molecular weight is 229 g/mol. The number of imidazole rings is 1. The number of hydrogen-bond acceptors (Lipinski definition) is 3. The van der Waals surface area contributed by atoms with Gasteiger partial charge < -0.3 is 4.98 Å². The third-order valence-corrected chi connectivity index (χ3v) is 3.45. The number of aromatic amines is 1. The maximum absolute atomic E-state index is 4.50. The van der Waals surface area contributed by atoms with Gasteiger partial charge in [-0.2, -0.15) is 11.3 Å². The SMILES string of the molecule is Cc1cnc2nc(-c3cscc3C)[nH]c2c1. The summed E-state index contributed by atoms with van der Waals surface area (Å²) in [5, 5.41) is 4.24. The molecule has 0 radical (unpaired) electrons. The summed E-state index contributed by atoms with van der Waals surface area (Å²) < 4.78 is 0. The lowest BCUT2D eigenvalue weighted by Gasteiger charge is -1.92. The van der Waals surface area contributed by atoms with Crippen molar-refractivity contribution in [2.75, 3.05) is 0 Å². The standard InChI is InChI=1S/C12H11N3S/c1-7-3-10-12(13-4-7)15-11(14-10)9-6-16-5-8(9)2/h3-6H,1-2H3,(H,13,14,15). The molecule has 0 saturated heterocycles. The summed E-state index contributed by atoms with van der Waals surface area (Å²) in [5.74, 6) is 0.909. The molecule has 16 heavy (non-hydrogen) atoms. The molecule has 0 amide bonds. The molecule has 3 nitrogen and oxygen atoms in total. The van der Waals surface area contributed by atoms with Crippen LogP contribution in [-0.4, -0.2) is 15.0 Å². The van der Waals surface area contributed by atoms with E-state index in [0.29, 0.717) is 0 Å². The van der Waals surface area contributed by atoms with Gasteiger partial charge in [-0.25, -0.2) is 9.97 Å². The Morgan fingerprint density at radius 3 is 2.88 bits per heavy atom. The van der Waals surface area contributed by atoms with Gasteiger partial charge in [-0.3, -0.25) is 0 Å². The van der Waals surface area contributed by atoms with Gasteiger partial charge in [0.05, 0.1) is 5.52 Å². The Hall–Kier alpha value is -1.68. The summed E-state index contributed by atoms with van der Waals surface area (Å²) in [6.45, 7) is 4.13. The minimum Gasteiger partial charge on any atom is -0.337 e. The van der Waals surface area contributed by atoms with Gasteiger partial charge >= 0.3 is 0 Å². The normalized spacial score (nSPS) is 11.1. The van der Waals surface area contributed by atoms with Crippen molar-refractivity contribution in [3.8, 4) is 11.4 Å². The second-order valence-electron chi connectivity index (χ2n) is 3.94. The molecule has 0 atom stereocenters. The summed E-state index contributed by atoms with van der Waals surface area (Å²) in [6.07, 6.45) is 1.84. The molecule has 3 rings (SSSR count). The van der Waals surface area contributed by atoms with E-state index in [9.17, 15) is 0 Å². The second kappa shape index (κ2) is 3.42. The predicted octanol–water partition coefficient (Wildman–Crippen LogP) is 3.30. The lowest BCUT2D eigenvalue weighted by Crippen LogP contribution is -1.79. The zero-order chi connectivity index (χ0) is 11.1. The first kappa shape index (κ1) is 9.54. The van der Waals surface area contributed by atoms with E-state index in [1.54, 1.807) is 11.3 Å². The quantitative estimate of drug-likeness (QED) is 0.695. The smallest absolute Gasteiger partial charge is 0.178 e. The molecule has 4 heteroatoms. The zero-order valence-corrected chi connectivity index (χ0v) is 9.93. The van der Waals surface area contributed by atoms with E-state index >= 15 is 0 Å². The number of aryl methyl sites for hydroxylation is 2. The Labute approximate surface area is 97.2 Å². The van der Waals surface area contributed by atoms with Crippen molar-refractivity contribution in [3.63, 3.8) is 0 Å². The first-order valence-electron chi connectivity index (χ1n) is 5.09. The molecule has 0 fully saturated rings. The van der Waals surface area contributed by atoms with Gasteiger partial charge in [0.2, 0.25) is 0 Å². The monoisotopic (exact) mass is 229 g/mol. The molecule has 3 heterocycles. The first-order valence-corrected chi connectivity index (χ1v) is 6.04. The molecule has 0 aromatic carbocycles. The predicted molar refractivity (Wildman–Crippen MR) is 66.7 cm³/mol. The molecule has 1 N–H and O–H groups in total. The van der Waals surface area contributed by atoms with Crippen LogP contribution in [0.15, 0.2) is 23.0 Å². The number of fused-ring (bicyclic) bond motifs is 1. The van der Waals surface area contributed by atoms with Crippen LogP contribution in [0.3, 0.4) is 0 Å². The van der Waals surface area contributed by atoms with E-state index < -0.39 is 0 Å². The van der Waals surface area contributed by atoms with E-state index in [2.05, 4.69) is 38.7 Å². The summed E-state index contributed by atoms with van der Waals surface area (Å²) >= 11 is 1.69. The maximum Gasteiger partial charge on any atom is 0.178 e. The van der Waals surface area contributed by atoms with Crippen LogP contribution in [0.2, 0.25) is 0 Å². The van der Waals surface area contributed by atoms with Gasteiger partial charge in [0.25, 0.3) is 0 Å². The summed E-state index contributed by atoms with van der Waals surface area (Å²) in [7, 11) is 0. The van der Waals surface area contributed by atoms with E-state index in [1.807, 2.05) is 13.1 Å². The van der Waals surface area contributed by atoms with Crippen LogP contribution >= 0.6 is 11.3 Å². The summed E-state index contributed by atoms with van der Waals surface area (Å²) in [5.41, 5.74) is 5.35. The molecule has 0 bridgehead atoms. The van der Waals surface area contributed by atoms with E-state index in [4.69, 9.17) is 0 Å². The number of aromatic nitrogens is 3. The maximum atomic E-state index is 4.50. The number of rotatable bonds is 1. The van der Waals surface area contributed by atoms with Crippen molar-refractivity contribution in [2.45, 2.75) is 13.8 Å². The third kappa shape index (κ3) is 1.42. The average Bonchev–Trinajstić information content (AvgIpc) is 2.82. The van der Waals surface area contributed by atoms with Crippen molar-refractivity contribution in [3.05, 3.63) is 34.2 Å². The zero-order valence-electron chi connectivity index (χ0n) is 9.11. The van der Waals surface area contributed by atoms with E-state index in [-0.39, 0.29) is 0 Å². The number of hydrogen-bond donors (Lipinski definition) is 1.